The molecule has 1 aromatic heterocycles. The van der Waals surface area contributed by atoms with Gasteiger partial charge in [0, 0.05) is 37.6 Å². The summed E-state index contributed by atoms with van der Waals surface area (Å²) in [4.78, 5) is 18.9. The van der Waals surface area contributed by atoms with Crippen molar-refractivity contribution >= 4 is 5.69 Å². The first-order valence-electron chi connectivity index (χ1n) is 16.7. The van der Waals surface area contributed by atoms with Crippen LogP contribution in [-0.2, 0) is 25.9 Å². The molecule has 2 aromatic rings. The highest BCUT2D eigenvalue weighted by Gasteiger charge is 2.35. The summed E-state index contributed by atoms with van der Waals surface area (Å²) in [6, 6.07) is 6.06. The highest BCUT2D eigenvalue weighted by molar-refractivity contribution is 5.60. The molecule has 0 N–H and O–H groups in total. The van der Waals surface area contributed by atoms with E-state index in [2.05, 4.69) is 46.3 Å². The minimum atomic E-state index is -0.441. The van der Waals surface area contributed by atoms with Gasteiger partial charge in [-0.1, -0.05) is 12.6 Å². The summed E-state index contributed by atoms with van der Waals surface area (Å²) in [5, 5.41) is 9.71. The van der Waals surface area contributed by atoms with Gasteiger partial charge < -0.3 is 19.4 Å². The maximum absolute atomic E-state index is 15.6. The predicted octanol–water partition coefficient (Wildman–Crippen LogP) is 5.36. The van der Waals surface area contributed by atoms with Crippen LogP contribution in [-0.4, -0.2) is 89.7 Å². The Morgan fingerprint density at radius 1 is 1.07 bits per heavy atom. The van der Waals surface area contributed by atoms with Gasteiger partial charge in [-0.25, -0.2) is 8.78 Å². The van der Waals surface area contributed by atoms with Crippen LogP contribution in [0.25, 0.3) is 0 Å². The molecule has 10 heteroatoms. The Morgan fingerprint density at radius 2 is 1.87 bits per heavy atom. The third-order valence-corrected chi connectivity index (χ3v) is 10.6. The third-order valence-electron chi connectivity index (χ3n) is 10.6. The lowest BCUT2D eigenvalue weighted by molar-refractivity contribution is 0.151. The number of hydrogen-bond donors (Lipinski definition) is 0. The number of anilines is 1. The number of nitrogens with zero attached hydrogens (tertiary/aromatic N) is 7. The van der Waals surface area contributed by atoms with Crippen LogP contribution in [0, 0.1) is 17.1 Å². The lowest BCUT2D eigenvalue weighted by atomic mass is 9.87. The monoisotopic (exact) mass is 619 g/mol. The molecule has 242 valence electrons. The van der Waals surface area contributed by atoms with Gasteiger partial charge in [-0.15, -0.1) is 0 Å². The molecule has 0 bridgehead atoms. The van der Waals surface area contributed by atoms with Crippen molar-refractivity contribution < 1.29 is 13.5 Å². The average molecular weight is 620 g/mol. The third kappa shape index (κ3) is 6.72. The molecule has 4 aliphatic rings. The van der Waals surface area contributed by atoms with Gasteiger partial charge >= 0.3 is 6.01 Å². The standard InChI is InChI=1S/C35H47F2N7O/c1-23(36)24(2)44-16-5-7-25(19-27(44)11-14-38)33-30-13-18-43(34-29-12-17-41(3)20-26(29)9-10-31(34)37)21-32(30)39-35(40-33)45-22-28-8-6-15-42(28)4/h9-10,24-25,27-28H,1,5-8,11-13,15-22H2,2-4H3/t24?,25?,27-,28-/m0/s1. The number of benzene rings is 1. The number of fused-ring (bicyclic) bond motifs is 2. The topological polar surface area (TPSA) is 71.8 Å². The summed E-state index contributed by atoms with van der Waals surface area (Å²) in [7, 11) is 4.24. The second-order valence-electron chi connectivity index (χ2n) is 13.5. The Bertz CT molecular complexity index is 1440. The minimum absolute atomic E-state index is 0.0880. The van der Waals surface area contributed by atoms with Crippen LogP contribution in [0.3, 0.4) is 0 Å². The first-order valence-corrected chi connectivity index (χ1v) is 16.7. The van der Waals surface area contributed by atoms with Gasteiger partial charge in [-0.3, -0.25) is 4.90 Å². The fraction of sp³-hybridized carbons (Fsp3) is 0.629. The van der Waals surface area contributed by atoms with Crippen LogP contribution in [0.2, 0.25) is 0 Å². The number of aromatic nitrogens is 2. The molecule has 4 atom stereocenters. The van der Waals surface area contributed by atoms with Gasteiger partial charge in [0.2, 0.25) is 0 Å². The van der Waals surface area contributed by atoms with Gasteiger partial charge in [0.25, 0.3) is 0 Å². The maximum Gasteiger partial charge on any atom is 0.316 e. The molecular weight excluding hydrogens is 572 g/mol. The zero-order valence-electron chi connectivity index (χ0n) is 27.1. The Kier molecular flexibility index (Phi) is 9.69. The first kappa shape index (κ1) is 31.8. The van der Waals surface area contributed by atoms with Crippen molar-refractivity contribution in [3.8, 4) is 12.1 Å². The molecule has 0 saturated carbocycles. The summed E-state index contributed by atoms with van der Waals surface area (Å²) in [5.41, 5.74) is 6.02. The predicted molar refractivity (Wildman–Crippen MR) is 171 cm³/mol. The molecule has 1 aromatic carbocycles. The second-order valence-corrected chi connectivity index (χ2v) is 13.5. The maximum atomic E-state index is 15.6. The number of hydrogen-bond acceptors (Lipinski definition) is 8. The van der Waals surface area contributed by atoms with Crippen molar-refractivity contribution in [2.24, 2.45) is 0 Å². The van der Waals surface area contributed by atoms with E-state index in [1.807, 2.05) is 13.0 Å². The van der Waals surface area contributed by atoms with E-state index in [9.17, 15) is 9.65 Å². The fourth-order valence-electron chi connectivity index (χ4n) is 8.01. The number of likely N-dealkylation sites (tertiary alicyclic amines) is 2. The molecule has 0 spiro atoms. The van der Waals surface area contributed by atoms with Gasteiger partial charge in [0.1, 0.15) is 18.3 Å². The van der Waals surface area contributed by atoms with Crippen molar-refractivity contribution in [2.75, 3.05) is 51.8 Å². The number of likely N-dealkylation sites (N-methyl/N-ethyl adjacent to an activating group) is 2. The fourth-order valence-corrected chi connectivity index (χ4v) is 8.01. The summed E-state index contributed by atoms with van der Waals surface area (Å²) >= 11 is 0. The van der Waals surface area contributed by atoms with Crippen molar-refractivity contribution in [2.45, 2.75) is 95.4 Å². The van der Waals surface area contributed by atoms with Crippen molar-refractivity contribution in [1.82, 2.24) is 24.7 Å². The van der Waals surface area contributed by atoms with E-state index in [0.717, 1.165) is 74.3 Å². The second kappa shape index (κ2) is 13.7. The highest BCUT2D eigenvalue weighted by Crippen LogP contribution is 2.39. The van der Waals surface area contributed by atoms with E-state index in [4.69, 9.17) is 14.7 Å². The summed E-state index contributed by atoms with van der Waals surface area (Å²) in [6.07, 6.45) is 6.55. The molecule has 6 rings (SSSR count). The van der Waals surface area contributed by atoms with Crippen LogP contribution in [0.1, 0.15) is 79.4 Å². The molecule has 8 nitrogen and oxygen atoms in total. The zero-order valence-corrected chi connectivity index (χ0v) is 27.1. The average Bonchev–Trinajstić information content (AvgIpc) is 3.32. The van der Waals surface area contributed by atoms with Gasteiger partial charge in [0.15, 0.2) is 0 Å². The lowest BCUT2D eigenvalue weighted by Crippen LogP contribution is -2.42. The Morgan fingerprint density at radius 3 is 2.62 bits per heavy atom. The van der Waals surface area contributed by atoms with Gasteiger partial charge in [-0.2, -0.15) is 15.2 Å². The van der Waals surface area contributed by atoms with Crippen molar-refractivity contribution in [3.05, 3.63) is 58.4 Å². The quantitative estimate of drug-likeness (QED) is 0.391. The lowest BCUT2D eigenvalue weighted by Gasteiger charge is -2.36. The minimum Gasteiger partial charge on any atom is -0.462 e. The zero-order chi connectivity index (χ0) is 31.7. The van der Waals surface area contributed by atoms with Gasteiger partial charge in [0.05, 0.1) is 42.2 Å². The molecular formula is C35H47F2N7O. The molecule has 2 fully saturated rings. The van der Waals surface area contributed by atoms with Crippen molar-refractivity contribution in [3.63, 3.8) is 0 Å². The SMILES string of the molecule is C=C(F)C(C)N1CCCC(c2nc(OC[C@@H]3CCCN3C)nc3c2CCN(c2c(F)ccc4c2CCN(C)C4)C3)C[C@@H]1CC#N. The van der Waals surface area contributed by atoms with E-state index in [1.165, 1.54) is 5.56 Å². The molecule has 0 amide bonds. The van der Waals surface area contributed by atoms with E-state index in [0.29, 0.717) is 63.2 Å². The molecule has 0 aliphatic carbocycles. The number of rotatable bonds is 8. The first-order chi connectivity index (χ1) is 21.7. The normalized spacial score (nSPS) is 25.2. The van der Waals surface area contributed by atoms with E-state index < -0.39 is 6.04 Å². The molecule has 45 heavy (non-hydrogen) atoms. The van der Waals surface area contributed by atoms with Crippen LogP contribution in [0.4, 0.5) is 14.5 Å². The Hall–Kier alpha value is -3.13. The van der Waals surface area contributed by atoms with Gasteiger partial charge in [-0.05, 0) is 102 Å². The summed E-state index contributed by atoms with van der Waals surface area (Å²) in [6.45, 7) is 10.6. The Labute approximate surface area is 266 Å². The highest BCUT2D eigenvalue weighted by atomic mass is 19.1. The summed E-state index contributed by atoms with van der Waals surface area (Å²) in [5.74, 6) is -0.459. The van der Waals surface area contributed by atoms with E-state index in [-0.39, 0.29) is 23.6 Å². The molecule has 2 unspecified atom stereocenters. The van der Waals surface area contributed by atoms with Crippen molar-refractivity contribution in [1.29, 1.82) is 5.26 Å². The molecule has 2 saturated heterocycles. The number of ether oxygens (including phenoxy) is 1. The number of halogens is 2. The molecule has 4 aliphatic heterocycles. The largest absolute Gasteiger partial charge is 0.462 e. The Balaban J connectivity index is 1.34. The molecule has 0 radical (unpaired) electrons. The number of nitriles is 1. The molecule has 5 heterocycles. The van der Waals surface area contributed by atoms with Crippen LogP contribution in [0.15, 0.2) is 24.5 Å². The van der Waals surface area contributed by atoms with Crippen LogP contribution in [0.5, 0.6) is 6.01 Å². The van der Waals surface area contributed by atoms with E-state index in [1.54, 1.807) is 6.07 Å². The van der Waals surface area contributed by atoms with E-state index >= 15 is 4.39 Å². The van der Waals surface area contributed by atoms with Crippen LogP contribution >= 0.6 is 0 Å². The van der Waals surface area contributed by atoms with Crippen LogP contribution < -0.4 is 9.64 Å². The summed E-state index contributed by atoms with van der Waals surface area (Å²) < 4.78 is 36.2. The smallest absolute Gasteiger partial charge is 0.316 e.